The molecule has 0 aliphatic carbocycles. The lowest BCUT2D eigenvalue weighted by Gasteiger charge is -2.34. The largest absolute Gasteiger partial charge is 0.329 e. The Morgan fingerprint density at radius 3 is 2.64 bits per heavy atom. The summed E-state index contributed by atoms with van der Waals surface area (Å²) in [6.07, 6.45) is 3.73. The monoisotopic (exact) mass is 458 g/mol. The number of piperazine rings is 1. The maximum Gasteiger partial charge on any atom is 0.241 e. The Bertz CT molecular complexity index is 973. The van der Waals surface area contributed by atoms with Gasteiger partial charge in [0.2, 0.25) is 5.91 Å². The number of aromatic nitrogens is 2. The predicted octanol–water partition coefficient (Wildman–Crippen LogP) is 4.20. The summed E-state index contributed by atoms with van der Waals surface area (Å²) in [5, 5.41) is 0.643. The molecule has 0 unspecified atom stereocenters. The molecule has 1 aromatic heterocycles. The van der Waals surface area contributed by atoms with Crippen molar-refractivity contribution in [3.63, 3.8) is 0 Å². The van der Waals surface area contributed by atoms with Crippen LogP contribution in [0, 0.1) is 0 Å². The maximum absolute atomic E-state index is 12.7. The summed E-state index contributed by atoms with van der Waals surface area (Å²) in [6, 6.07) is 15.7. The summed E-state index contributed by atoms with van der Waals surface area (Å²) in [4.78, 5) is 20.9. The number of benzene rings is 2. The SMILES string of the molecule is O=C1CN(Cc2cncn2Cc2ccc(Br)cc2)CCN1c1cccc(Cl)c1. The molecule has 1 amide bonds. The van der Waals surface area contributed by atoms with E-state index in [4.69, 9.17) is 11.6 Å². The van der Waals surface area contributed by atoms with E-state index in [1.54, 1.807) is 0 Å². The highest BCUT2D eigenvalue weighted by Crippen LogP contribution is 2.22. The third kappa shape index (κ3) is 4.46. The Morgan fingerprint density at radius 2 is 1.89 bits per heavy atom. The molecule has 0 atom stereocenters. The van der Waals surface area contributed by atoms with E-state index in [0.29, 0.717) is 24.7 Å². The van der Waals surface area contributed by atoms with Gasteiger partial charge in [0.25, 0.3) is 0 Å². The van der Waals surface area contributed by atoms with Crippen LogP contribution >= 0.6 is 27.5 Å². The van der Waals surface area contributed by atoms with Gasteiger partial charge >= 0.3 is 0 Å². The van der Waals surface area contributed by atoms with Gasteiger partial charge in [-0.15, -0.1) is 0 Å². The van der Waals surface area contributed by atoms with Crippen LogP contribution in [0.3, 0.4) is 0 Å². The average molecular weight is 460 g/mol. The van der Waals surface area contributed by atoms with Crippen molar-refractivity contribution in [2.24, 2.45) is 0 Å². The van der Waals surface area contributed by atoms with Gasteiger partial charge in [0, 0.05) is 47.6 Å². The van der Waals surface area contributed by atoms with Gasteiger partial charge in [-0.1, -0.05) is 45.7 Å². The van der Waals surface area contributed by atoms with Crippen LogP contribution in [-0.2, 0) is 17.9 Å². The van der Waals surface area contributed by atoms with E-state index in [1.165, 1.54) is 5.56 Å². The van der Waals surface area contributed by atoms with Gasteiger partial charge < -0.3 is 9.47 Å². The van der Waals surface area contributed by atoms with Gasteiger partial charge in [-0.2, -0.15) is 0 Å². The molecule has 1 saturated heterocycles. The summed E-state index contributed by atoms with van der Waals surface area (Å²) in [7, 11) is 0. The third-order valence-corrected chi connectivity index (χ3v) is 5.63. The molecular weight excluding hydrogens is 440 g/mol. The van der Waals surface area contributed by atoms with E-state index in [2.05, 4.69) is 42.5 Å². The van der Waals surface area contributed by atoms with Crippen molar-refractivity contribution in [2.75, 3.05) is 24.5 Å². The number of anilines is 1. The van der Waals surface area contributed by atoms with E-state index in [-0.39, 0.29) is 5.91 Å². The summed E-state index contributed by atoms with van der Waals surface area (Å²) in [5.74, 6) is 0.0903. The quantitative estimate of drug-likeness (QED) is 0.574. The Balaban J connectivity index is 1.40. The molecule has 1 aliphatic rings. The number of halogens is 2. The predicted molar refractivity (Wildman–Crippen MR) is 115 cm³/mol. The van der Waals surface area contributed by atoms with Crippen LogP contribution in [0.1, 0.15) is 11.3 Å². The molecule has 0 saturated carbocycles. The van der Waals surface area contributed by atoms with Crippen molar-refractivity contribution in [1.29, 1.82) is 0 Å². The van der Waals surface area contributed by atoms with Crippen LogP contribution in [0.5, 0.6) is 0 Å². The van der Waals surface area contributed by atoms with Crippen LogP contribution in [-0.4, -0.2) is 40.0 Å². The third-order valence-electron chi connectivity index (χ3n) is 4.87. The minimum atomic E-state index is 0.0903. The first-order chi connectivity index (χ1) is 13.6. The molecule has 3 aromatic rings. The molecule has 2 aromatic carbocycles. The van der Waals surface area contributed by atoms with Crippen molar-refractivity contribution < 1.29 is 4.79 Å². The molecule has 7 heteroatoms. The van der Waals surface area contributed by atoms with E-state index in [1.807, 2.05) is 53.8 Å². The summed E-state index contributed by atoms with van der Waals surface area (Å²) in [5.41, 5.74) is 3.17. The fourth-order valence-electron chi connectivity index (χ4n) is 3.41. The molecule has 5 nitrogen and oxygen atoms in total. The van der Waals surface area contributed by atoms with Crippen molar-refractivity contribution >= 4 is 39.1 Å². The zero-order valence-corrected chi connectivity index (χ0v) is 17.6. The van der Waals surface area contributed by atoms with Crippen LogP contribution in [0.25, 0.3) is 0 Å². The minimum absolute atomic E-state index is 0.0903. The Kier molecular flexibility index (Phi) is 5.80. The lowest BCUT2D eigenvalue weighted by molar-refractivity contribution is -0.121. The van der Waals surface area contributed by atoms with Gasteiger partial charge in [-0.05, 0) is 35.9 Å². The molecule has 0 bridgehead atoms. The fourth-order valence-corrected chi connectivity index (χ4v) is 3.86. The van der Waals surface area contributed by atoms with Gasteiger partial charge in [0.15, 0.2) is 0 Å². The highest BCUT2D eigenvalue weighted by Gasteiger charge is 2.25. The second kappa shape index (κ2) is 8.47. The number of hydrogen-bond acceptors (Lipinski definition) is 3. The summed E-state index contributed by atoms with van der Waals surface area (Å²) < 4.78 is 3.20. The van der Waals surface area contributed by atoms with Crippen LogP contribution < -0.4 is 4.90 Å². The normalized spacial score (nSPS) is 15.2. The summed E-state index contributed by atoms with van der Waals surface area (Å²) >= 11 is 9.53. The maximum atomic E-state index is 12.7. The lowest BCUT2D eigenvalue weighted by Crippen LogP contribution is -2.50. The Hall–Kier alpha value is -2.15. The second-order valence-electron chi connectivity index (χ2n) is 6.88. The molecule has 2 heterocycles. The zero-order valence-electron chi connectivity index (χ0n) is 15.3. The van der Waals surface area contributed by atoms with E-state index < -0.39 is 0 Å². The van der Waals surface area contributed by atoms with Crippen molar-refractivity contribution in [3.8, 4) is 0 Å². The zero-order chi connectivity index (χ0) is 19.5. The number of rotatable bonds is 5. The number of hydrogen-bond donors (Lipinski definition) is 0. The molecule has 0 spiro atoms. The first kappa shape index (κ1) is 19.2. The number of amides is 1. The molecular formula is C21H20BrClN4O. The molecule has 1 aliphatic heterocycles. The standard InChI is InChI=1S/C21H20BrClN4O/c22-17-6-4-16(5-7-17)12-26-15-24-11-20(26)13-25-8-9-27(21(28)14-25)19-3-1-2-18(23)10-19/h1-7,10-11,15H,8-9,12-14H2. The van der Waals surface area contributed by atoms with Crippen LogP contribution in [0.4, 0.5) is 5.69 Å². The van der Waals surface area contributed by atoms with E-state index in [9.17, 15) is 4.79 Å². The van der Waals surface area contributed by atoms with Crippen molar-refractivity contribution in [2.45, 2.75) is 13.1 Å². The van der Waals surface area contributed by atoms with Crippen molar-refractivity contribution in [1.82, 2.24) is 14.5 Å². The van der Waals surface area contributed by atoms with Crippen molar-refractivity contribution in [3.05, 3.63) is 81.8 Å². The number of carbonyl (C=O) groups excluding carboxylic acids is 1. The lowest BCUT2D eigenvalue weighted by atomic mass is 10.2. The smallest absolute Gasteiger partial charge is 0.241 e. The molecule has 144 valence electrons. The van der Waals surface area contributed by atoms with E-state index >= 15 is 0 Å². The van der Waals surface area contributed by atoms with Gasteiger partial charge in [0.1, 0.15) is 0 Å². The highest BCUT2D eigenvalue weighted by atomic mass is 79.9. The molecule has 0 radical (unpaired) electrons. The first-order valence-electron chi connectivity index (χ1n) is 9.10. The number of nitrogens with zero attached hydrogens (tertiary/aromatic N) is 4. The first-order valence-corrected chi connectivity index (χ1v) is 10.3. The van der Waals surface area contributed by atoms with E-state index in [0.717, 1.165) is 28.9 Å². The number of carbonyl (C=O) groups is 1. The van der Waals surface area contributed by atoms with Gasteiger partial charge in [-0.3, -0.25) is 9.69 Å². The van der Waals surface area contributed by atoms with Crippen LogP contribution in [0.15, 0.2) is 65.5 Å². The topological polar surface area (TPSA) is 41.4 Å². The molecule has 1 fully saturated rings. The van der Waals surface area contributed by atoms with Gasteiger partial charge in [0.05, 0.1) is 18.6 Å². The Morgan fingerprint density at radius 1 is 1.07 bits per heavy atom. The van der Waals surface area contributed by atoms with Crippen LogP contribution in [0.2, 0.25) is 5.02 Å². The highest BCUT2D eigenvalue weighted by molar-refractivity contribution is 9.10. The minimum Gasteiger partial charge on any atom is -0.329 e. The fraction of sp³-hybridized carbons (Fsp3) is 0.238. The molecule has 28 heavy (non-hydrogen) atoms. The second-order valence-corrected chi connectivity index (χ2v) is 8.23. The van der Waals surface area contributed by atoms with Gasteiger partial charge in [-0.25, -0.2) is 4.98 Å². The average Bonchev–Trinajstić information content (AvgIpc) is 3.10. The summed E-state index contributed by atoms with van der Waals surface area (Å²) in [6.45, 7) is 3.31. The Labute approximate surface area is 177 Å². The molecule has 0 N–H and O–H groups in total. The number of imidazole rings is 1. The molecule has 4 rings (SSSR count).